The number of piperazine rings is 1. The molecular formula is C15H16N4O. The van der Waals surface area contributed by atoms with Gasteiger partial charge in [0.15, 0.2) is 0 Å². The number of nitrogens with zero attached hydrogens (tertiary/aromatic N) is 3. The Kier molecular flexibility index (Phi) is 3.40. The van der Waals surface area contributed by atoms with Crippen LogP contribution in [0.4, 0.5) is 5.88 Å². The summed E-state index contributed by atoms with van der Waals surface area (Å²) in [4.78, 5) is 6.40. The Bertz CT molecular complexity index is 650. The maximum atomic E-state index is 9.25. The summed E-state index contributed by atoms with van der Waals surface area (Å²) in [6.45, 7) is 5.47. The maximum Gasteiger partial charge on any atom is 0.235 e. The number of anilines is 1. The minimum absolute atomic E-state index is 0.364. The Balaban J connectivity index is 1.98. The van der Waals surface area contributed by atoms with E-state index < -0.39 is 0 Å². The van der Waals surface area contributed by atoms with E-state index in [2.05, 4.69) is 21.3 Å². The van der Waals surface area contributed by atoms with E-state index in [9.17, 15) is 5.26 Å². The third-order valence-electron chi connectivity index (χ3n) is 3.38. The van der Waals surface area contributed by atoms with E-state index >= 15 is 0 Å². The third kappa shape index (κ3) is 2.38. The van der Waals surface area contributed by atoms with Crippen molar-refractivity contribution in [2.24, 2.45) is 0 Å². The predicted octanol–water partition coefficient (Wildman–Crippen LogP) is 1.93. The Hall–Kier alpha value is -2.32. The lowest BCUT2D eigenvalue weighted by atomic mass is 10.1. The molecule has 0 atom stereocenters. The molecule has 0 amide bonds. The van der Waals surface area contributed by atoms with Gasteiger partial charge in [0, 0.05) is 31.7 Å². The molecule has 0 unspecified atom stereocenters. The minimum atomic E-state index is 0.364. The van der Waals surface area contributed by atoms with Gasteiger partial charge in [-0.1, -0.05) is 17.7 Å². The summed E-state index contributed by atoms with van der Waals surface area (Å²) in [7, 11) is 0. The van der Waals surface area contributed by atoms with Crippen LogP contribution in [0.5, 0.6) is 0 Å². The van der Waals surface area contributed by atoms with Crippen LogP contribution in [0.1, 0.15) is 11.3 Å². The smallest absolute Gasteiger partial charge is 0.235 e. The molecule has 0 radical (unpaired) electrons. The zero-order valence-electron chi connectivity index (χ0n) is 11.4. The zero-order chi connectivity index (χ0) is 13.9. The molecule has 3 rings (SSSR count). The lowest BCUT2D eigenvalue weighted by Gasteiger charge is -2.26. The van der Waals surface area contributed by atoms with E-state index in [0.29, 0.717) is 17.5 Å². The third-order valence-corrected chi connectivity index (χ3v) is 3.38. The maximum absolute atomic E-state index is 9.25. The van der Waals surface area contributed by atoms with Gasteiger partial charge < -0.3 is 14.6 Å². The molecule has 0 bridgehead atoms. The zero-order valence-corrected chi connectivity index (χ0v) is 11.4. The summed E-state index contributed by atoms with van der Waals surface area (Å²) in [5, 5.41) is 12.5. The van der Waals surface area contributed by atoms with Crippen LogP contribution in [0.25, 0.3) is 11.5 Å². The molecule has 0 spiro atoms. The quantitative estimate of drug-likeness (QED) is 0.901. The van der Waals surface area contributed by atoms with E-state index in [1.807, 2.05) is 31.2 Å². The fourth-order valence-electron chi connectivity index (χ4n) is 2.37. The van der Waals surface area contributed by atoms with Gasteiger partial charge in [-0.15, -0.1) is 0 Å². The Morgan fingerprint density at radius 3 is 2.85 bits per heavy atom. The predicted molar refractivity (Wildman–Crippen MR) is 76.5 cm³/mol. The van der Waals surface area contributed by atoms with E-state index in [-0.39, 0.29) is 0 Å². The minimum Gasteiger partial charge on any atom is -0.419 e. The van der Waals surface area contributed by atoms with Gasteiger partial charge in [-0.3, -0.25) is 0 Å². The first-order valence-electron chi connectivity index (χ1n) is 6.71. The van der Waals surface area contributed by atoms with Crippen molar-refractivity contribution in [3.63, 3.8) is 0 Å². The SMILES string of the molecule is Cc1cccc(-c2nc(C#N)c(N3CCNCC3)o2)c1. The largest absolute Gasteiger partial charge is 0.419 e. The molecule has 1 fully saturated rings. The number of nitrogens with one attached hydrogen (secondary N) is 1. The van der Waals surface area contributed by atoms with Crippen molar-refractivity contribution in [3.8, 4) is 17.5 Å². The Morgan fingerprint density at radius 2 is 2.15 bits per heavy atom. The van der Waals surface area contributed by atoms with Gasteiger partial charge in [-0.25, -0.2) is 0 Å². The summed E-state index contributed by atoms with van der Waals surface area (Å²) in [6.07, 6.45) is 0. The van der Waals surface area contributed by atoms with Gasteiger partial charge in [0.05, 0.1) is 0 Å². The van der Waals surface area contributed by atoms with Gasteiger partial charge in [0.1, 0.15) is 6.07 Å². The van der Waals surface area contributed by atoms with Crippen LogP contribution in [0.2, 0.25) is 0 Å². The standard InChI is InChI=1S/C15H16N4O/c1-11-3-2-4-12(9-11)14-18-13(10-16)15(20-14)19-7-5-17-6-8-19/h2-4,9,17H,5-8H2,1H3. The number of aryl methyl sites for hydroxylation is 1. The number of hydrogen-bond acceptors (Lipinski definition) is 5. The fourth-order valence-corrected chi connectivity index (χ4v) is 2.37. The molecule has 1 aromatic heterocycles. The Morgan fingerprint density at radius 1 is 1.35 bits per heavy atom. The van der Waals surface area contributed by atoms with Crippen LogP contribution in [0.15, 0.2) is 28.7 Å². The van der Waals surface area contributed by atoms with Crippen molar-refractivity contribution in [3.05, 3.63) is 35.5 Å². The first-order valence-corrected chi connectivity index (χ1v) is 6.71. The second kappa shape index (κ2) is 5.35. The molecule has 20 heavy (non-hydrogen) atoms. The van der Waals surface area contributed by atoms with Gasteiger partial charge in [-0.05, 0) is 19.1 Å². The van der Waals surface area contributed by atoms with Crippen molar-refractivity contribution in [2.75, 3.05) is 31.1 Å². The van der Waals surface area contributed by atoms with Gasteiger partial charge in [0.25, 0.3) is 0 Å². The summed E-state index contributed by atoms with van der Waals surface area (Å²) in [5.74, 6) is 1.10. The number of rotatable bonds is 2. The highest BCUT2D eigenvalue weighted by Crippen LogP contribution is 2.28. The van der Waals surface area contributed by atoms with Crippen LogP contribution < -0.4 is 10.2 Å². The average molecular weight is 268 g/mol. The number of benzene rings is 1. The highest BCUT2D eigenvalue weighted by Gasteiger charge is 2.21. The topological polar surface area (TPSA) is 65.1 Å². The molecule has 1 aliphatic rings. The first kappa shape index (κ1) is 12.7. The van der Waals surface area contributed by atoms with Crippen LogP contribution >= 0.6 is 0 Å². The normalized spacial score (nSPS) is 15.1. The summed E-state index contributed by atoms with van der Waals surface area (Å²) < 4.78 is 5.85. The van der Waals surface area contributed by atoms with Gasteiger partial charge in [0.2, 0.25) is 17.5 Å². The number of oxazole rings is 1. The highest BCUT2D eigenvalue weighted by atomic mass is 16.4. The molecule has 5 nitrogen and oxygen atoms in total. The second-order valence-electron chi connectivity index (χ2n) is 4.89. The molecule has 1 aliphatic heterocycles. The Labute approximate surface area is 117 Å². The van der Waals surface area contributed by atoms with Gasteiger partial charge >= 0.3 is 0 Å². The van der Waals surface area contributed by atoms with Crippen molar-refractivity contribution >= 4 is 5.88 Å². The van der Waals surface area contributed by atoms with Crippen LogP contribution in [-0.4, -0.2) is 31.2 Å². The molecule has 1 saturated heterocycles. The number of hydrogen-bond donors (Lipinski definition) is 1. The average Bonchev–Trinajstić information content (AvgIpc) is 2.92. The van der Waals surface area contributed by atoms with Crippen molar-refractivity contribution < 1.29 is 4.42 Å². The van der Waals surface area contributed by atoms with E-state index in [0.717, 1.165) is 37.3 Å². The van der Waals surface area contributed by atoms with Crippen LogP contribution in [-0.2, 0) is 0 Å². The summed E-state index contributed by atoms with van der Waals surface area (Å²) in [5.41, 5.74) is 2.41. The lowest BCUT2D eigenvalue weighted by Crippen LogP contribution is -2.43. The monoisotopic (exact) mass is 268 g/mol. The van der Waals surface area contributed by atoms with Gasteiger partial charge in [-0.2, -0.15) is 10.2 Å². The molecule has 2 heterocycles. The van der Waals surface area contributed by atoms with E-state index in [4.69, 9.17) is 4.42 Å². The van der Waals surface area contributed by atoms with Crippen LogP contribution in [0.3, 0.4) is 0 Å². The molecule has 102 valence electrons. The highest BCUT2D eigenvalue weighted by molar-refractivity contribution is 5.60. The van der Waals surface area contributed by atoms with Crippen molar-refractivity contribution in [2.45, 2.75) is 6.92 Å². The van der Waals surface area contributed by atoms with E-state index in [1.54, 1.807) is 0 Å². The molecule has 2 aromatic rings. The molecule has 1 N–H and O–H groups in total. The molecular weight excluding hydrogens is 252 g/mol. The lowest BCUT2D eigenvalue weighted by molar-refractivity contribution is 0.512. The number of nitriles is 1. The van der Waals surface area contributed by atoms with Crippen molar-refractivity contribution in [1.29, 1.82) is 5.26 Å². The second-order valence-corrected chi connectivity index (χ2v) is 4.89. The molecule has 0 saturated carbocycles. The molecule has 0 aliphatic carbocycles. The molecule has 1 aromatic carbocycles. The molecule has 5 heteroatoms. The number of aromatic nitrogens is 1. The first-order chi connectivity index (χ1) is 9.78. The fraction of sp³-hybridized carbons (Fsp3) is 0.333. The van der Waals surface area contributed by atoms with E-state index in [1.165, 1.54) is 0 Å². The van der Waals surface area contributed by atoms with Crippen molar-refractivity contribution in [1.82, 2.24) is 10.3 Å². The summed E-state index contributed by atoms with van der Waals surface area (Å²) in [6, 6.07) is 10.1. The van der Waals surface area contributed by atoms with Crippen LogP contribution in [0, 0.1) is 18.3 Å². The summed E-state index contributed by atoms with van der Waals surface area (Å²) >= 11 is 0.